The minimum Gasteiger partial charge on any atom is -0.494 e. The molecule has 5 heteroatoms. The molecule has 0 spiro atoms. The number of benzene rings is 1. The molecule has 0 fully saturated rings. The minimum absolute atomic E-state index is 0.698. The van der Waals surface area contributed by atoms with Crippen molar-refractivity contribution in [1.29, 1.82) is 0 Å². The first kappa shape index (κ1) is 13.9. The maximum absolute atomic E-state index is 5.45. The van der Waals surface area contributed by atoms with Gasteiger partial charge in [-0.1, -0.05) is 18.6 Å². The molecule has 0 bridgehead atoms. The van der Waals surface area contributed by atoms with Gasteiger partial charge in [-0.05, 0) is 37.5 Å². The van der Waals surface area contributed by atoms with Crippen molar-refractivity contribution in [2.24, 2.45) is 0 Å². The van der Waals surface area contributed by atoms with E-state index in [4.69, 9.17) is 4.74 Å². The number of ether oxygens (including phenoxy) is 1. The van der Waals surface area contributed by atoms with Crippen molar-refractivity contribution < 1.29 is 4.74 Å². The summed E-state index contributed by atoms with van der Waals surface area (Å²) in [6.07, 6.45) is 4.75. The maximum atomic E-state index is 5.45. The van der Waals surface area contributed by atoms with Gasteiger partial charge in [-0.15, -0.1) is 10.2 Å². The molecule has 1 N–H and O–H groups in total. The van der Waals surface area contributed by atoms with Gasteiger partial charge in [0.25, 0.3) is 0 Å². The average molecular weight is 286 g/mol. The minimum atomic E-state index is 0.698. The Bertz CT molecular complexity index is 576. The molecule has 0 saturated carbocycles. The van der Waals surface area contributed by atoms with E-state index in [-0.39, 0.29) is 0 Å². The van der Waals surface area contributed by atoms with Crippen LogP contribution in [-0.2, 0) is 19.5 Å². The summed E-state index contributed by atoms with van der Waals surface area (Å²) in [4.78, 5) is 0. The lowest BCUT2D eigenvalue weighted by Gasteiger charge is -2.09. The van der Waals surface area contributed by atoms with Crippen molar-refractivity contribution in [2.45, 2.75) is 45.7 Å². The van der Waals surface area contributed by atoms with E-state index in [0.29, 0.717) is 6.61 Å². The fourth-order valence-corrected chi connectivity index (χ4v) is 2.67. The van der Waals surface area contributed by atoms with Crippen LogP contribution in [0.15, 0.2) is 24.3 Å². The highest BCUT2D eigenvalue weighted by molar-refractivity contribution is 5.32. The molecule has 0 atom stereocenters. The van der Waals surface area contributed by atoms with Crippen molar-refractivity contribution >= 4 is 5.95 Å². The number of nitrogens with one attached hydrogen (secondary N) is 1. The summed E-state index contributed by atoms with van der Waals surface area (Å²) in [7, 11) is 0. The zero-order chi connectivity index (χ0) is 14.5. The Morgan fingerprint density at radius 2 is 2.00 bits per heavy atom. The van der Waals surface area contributed by atoms with Crippen LogP contribution in [0.5, 0.6) is 5.75 Å². The van der Waals surface area contributed by atoms with Crippen molar-refractivity contribution in [3.63, 3.8) is 0 Å². The molecule has 21 heavy (non-hydrogen) atoms. The fourth-order valence-electron chi connectivity index (χ4n) is 2.67. The predicted molar refractivity (Wildman–Crippen MR) is 82.5 cm³/mol. The Kier molecular flexibility index (Phi) is 4.38. The highest BCUT2D eigenvalue weighted by Crippen LogP contribution is 2.18. The van der Waals surface area contributed by atoms with Gasteiger partial charge in [-0.3, -0.25) is 4.57 Å². The molecule has 1 aromatic heterocycles. The van der Waals surface area contributed by atoms with E-state index in [0.717, 1.165) is 37.0 Å². The van der Waals surface area contributed by atoms with E-state index in [1.54, 1.807) is 0 Å². The molecule has 0 radical (unpaired) electrons. The number of hydrogen-bond donors (Lipinski definition) is 1. The van der Waals surface area contributed by atoms with Crippen LogP contribution in [0.1, 0.15) is 37.6 Å². The molecule has 2 aromatic rings. The van der Waals surface area contributed by atoms with Crippen LogP contribution in [0.4, 0.5) is 5.95 Å². The predicted octanol–water partition coefficient (Wildman–Crippen LogP) is 3.02. The standard InChI is InChI=1S/C16H22N4O/c1-2-21-14-9-7-13(8-10-14)12-17-16-19-18-15-6-4-3-5-11-20(15)16/h7-10H,2-6,11-12H2,1H3,(H,17,19). The second-order valence-electron chi connectivity index (χ2n) is 5.33. The van der Waals surface area contributed by atoms with Crippen LogP contribution in [0.2, 0.25) is 0 Å². The van der Waals surface area contributed by atoms with Crippen LogP contribution in [0.25, 0.3) is 0 Å². The van der Waals surface area contributed by atoms with E-state index in [2.05, 4.69) is 32.2 Å². The van der Waals surface area contributed by atoms with Gasteiger partial charge in [0, 0.05) is 19.5 Å². The summed E-state index contributed by atoms with van der Waals surface area (Å²) in [5.41, 5.74) is 1.21. The van der Waals surface area contributed by atoms with E-state index in [1.807, 2.05) is 19.1 Å². The monoisotopic (exact) mass is 286 g/mol. The van der Waals surface area contributed by atoms with Gasteiger partial charge in [-0.2, -0.15) is 0 Å². The third-order valence-electron chi connectivity index (χ3n) is 3.79. The lowest BCUT2D eigenvalue weighted by atomic mass is 10.2. The Morgan fingerprint density at radius 3 is 2.81 bits per heavy atom. The SMILES string of the molecule is CCOc1ccc(CNc2nnc3n2CCCCC3)cc1. The zero-order valence-corrected chi connectivity index (χ0v) is 12.5. The van der Waals surface area contributed by atoms with E-state index >= 15 is 0 Å². The van der Waals surface area contributed by atoms with Crippen LogP contribution in [0, 0.1) is 0 Å². The lowest BCUT2D eigenvalue weighted by Crippen LogP contribution is -2.09. The fraction of sp³-hybridized carbons (Fsp3) is 0.500. The molecule has 1 aromatic carbocycles. The largest absolute Gasteiger partial charge is 0.494 e. The number of aryl methyl sites for hydroxylation is 1. The first-order chi connectivity index (χ1) is 10.4. The summed E-state index contributed by atoms with van der Waals surface area (Å²) < 4.78 is 7.68. The Hall–Kier alpha value is -2.04. The average Bonchev–Trinajstić information content (AvgIpc) is 2.74. The van der Waals surface area contributed by atoms with Gasteiger partial charge >= 0.3 is 0 Å². The zero-order valence-electron chi connectivity index (χ0n) is 12.5. The maximum Gasteiger partial charge on any atom is 0.224 e. The lowest BCUT2D eigenvalue weighted by molar-refractivity contribution is 0.340. The van der Waals surface area contributed by atoms with Crippen LogP contribution < -0.4 is 10.1 Å². The third kappa shape index (κ3) is 3.35. The molecule has 3 rings (SSSR count). The van der Waals surface area contributed by atoms with Crippen LogP contribution >= 0.6 is 0 Å². The number of nitrogens with zero attached hydrogens (tertiary/aromatic N) is 3. The first-order valence-electron chi connectivity index (χ1n) is 7.74. The van der Waals surface area contributed by atoms with Gasteiger partial charge in [0.05, 0.1) is 6.61 Å². The molecule has 1 aliphatic rings. The summed E-state index contributed by atoms with van der Waals surface area (Å²) >= 11 is 0. The van der Waals surface area contributed by atoms with Gasteiger partial charge in [0.2, 0.25) is 5.95 Å². The van der Waals surface area contributed by atoms with Crippen molar-refractivity contribution in [3.05, 3.63) is 35.7 Å². The smallest absolute Gasteiger partial charge is 0.224 e. The Balaban J connectivity index is 1.63. The van der Waals surface area contributed by atoms with E-state index < -0.39 is 0 Å². The van der Waals surface area contributed by atoms with Gasteiger partial charge < -0.3 is 10.1 Å². The Morgan fingerprint density at radius 1 is 1.14 bits per heavy atom. The highest BCUT2D eigenvalue weighted by Gasteiger charge is 2.14. The highest BCUT2D eigenvalue weighted by atomic mass is 16.5. The number of rotatable bonds is 5. The summed E-state index contributed by atoms with van der Waals surface area (Å²) in [5.74, 6) is 2.92. The molecule has 2 heterocycles. The van der Waals surface area contributed by atoms with Crippen LogP contribution in [0.3, 0.4) is 0 Å². The molecule has 112 valence electrons. The van der Waals surface area contributed by atoms with Crippen LogP contribution in [-0.4, -0.2) is 21.4 Å². The molecule has 0 amide bonds. The third-order valence-corrected chi connectivity index (χ3v) is 3.79. The molecule has 0 aliphatic carbocycles. The van der Waals surface area contributed by atoms with Crippen molar-refractivity contribution in [2.75, 3.05) is 11.9 Å². The number of fused-ring (bicyclic) bond motifs is 1. The topological polar surface area (TPSA) is 52.0 Å². The van der Waals surface area contributed by atoms with E-state index in [1.165, 1.54) is 24.8 Å². The van der Waals surface area contributed by atoms with Gasteiger partial charge in [-0.25, -0.2) is 0 Å². The first-order valence-corrected chi connectivity index (χ1v) is 7.74. The second kappa shape index (κ2) is 6.61. The molecule has 5 nitrogen and oxygen atoms in total. The number of anilines is 1. The van der Waals surface area contributed by atoms with Gasteiger partial charge in [0.1, 0.15) is 11.6 Å². The van der Waals surface area contributed by atoms with Gasteiger partial charge in [0.15, 0.2) is 0 Å². The van der Waals surface area contributed by atoms with Crippen molar-refractivity contribution in [3.8, 4) is 5.75 Å². The normalized spacial score (nSPS) is 14.3. The summed E-state index contributed by atoms with van der Waals surface area (Å²) in [6, 6.07) is 8.17. The molecule has 0 unspecified atom stereocenters. The molecular weight excluding hydrogens is 264 g/mol. The molecule has 1 aliphatic heterocycles. The quantitative estimate of drug-likeness (QED) is 0.918. The summed E-state index contributed by atoms with van der Waals surface area (Å²) in [5, 5.41) is 12.0. The number of aromatic nitrogens is 3. The second-order valence-corrected chi connectivity index (χ2v) is 5.33. The van der Waals surface area contributed by atoms with E-state index in [9.17, 15) is 0 Å². The molecule has 0 saturated heterocycles. The Labute approximate surface area is 125 Å². The summed E-state index contributed by atoms with van der Waals surface area (Å²) in [6.45, 7) is 4.47. The van der Waals surface area contributed by atoms with Crippen molar-refractivity contribution in [1.82, 2.24) is 14.8 Å². The molecular formula is C16H22N4O. The number of hydrogen-bond acceptors (Lipinski definition) is 4.